The van der Waals surface area contributed by atoms with Crippen molar-refractivity contribution >= 4 is 17.8 Å². The van der Waals surface area contributed by atoms with E-state index in [2.05, 4.69) is 0 Å². The number of aliphatic hydroxyl groups is 1. The minimum atomic E-state index is -1.33. The molecule has 1 N–H and O–H groups in total. The van der Waals surface area contributed by atoms with E-state index < -0.39 is 41.1 Å². The number of aliphatic hydroxyl groups excluding tert-OH is 1. The minimum Gasteiger partial charge on any atom is -0.461 e. The van der Waals surface area contributed by atoms with Crippen molar-refractivity contribution in [2.75, 3.05) is 19.8 Å². The highest BCUT2D eigenvalue weighted by Crippen LogP contribution is 2.58. The van der Waals surface area contributed by atoms with E-state index >= 15 is 0 Å². The Labute approximate surface area is 205 Å². The SMILES string of the molecule is CC[C@@H](CO)N1C(=O)[C@@H]2[C@H]3C(=O)OCC=C[C@@]3(CC)O[C@@]23C=CCN(Cc2ccccc2)C(=O)C13. The number of cyclic esters (lactones) is 1. The molecule has 8 heteroatoms. The van der Waals surface area contributed by atoms with Crippen LogP contribution in [0, 0.1) is 11.8 Å². The molecular formula is C27H32N2O6. The first-order valence-corrected chi connectivity index (χ1v) is 12.4. The molecule has 4 aliphatic rings. The molecule has 0 bridgehead atoms. The molecule has 0 aliphatic carbocycles. The Morgan fingerprint density at radius 3 is 2.51 bits per heavy atom. The van der Waals surface area contributed by atoms with Gasteiger partial charge in [-0.2, -0.15) is 0 Å². The quantitative estimate of drug-likeness (QED) is 0.493. The van der Waals surface area contributed by atoms with Crippen molar-refractivity contribution < 1.29 is 29.0 Å². The Balaban J connectivity index is 1.64. The molecule has 0 saturated carbocycles. The van der Waals surface area contributed by atoms with Gasteiger partial charge in [0.2, 0.25) is 11.8 Å². The van der Waals surface area contributed by atoms with Gasteiger partial charge in [-0.15, -0.1) is 0 Å². The van der Waals surface area contributed by atoms with Crippen LogP contribution in [0.2, 0.25) is 0 Å². The fourth-order valence-corrected chi connectivity index (χ4v) is 6.33. The summed E-state index contributed by atoms with van der Waals surface area (Å²) in [7, 11) is 0. The number of carbonyl (C=O) groups is 3. The number of amides is 2. The lowest BCUT2D eigenvalue weighted by atomic mass is 9.73. The largest absolute Gasteiger partial charge is 0.461 e. The third kappa shape index (κ3) is 3.45. The van der Waals surface area contributed by atoms with Gasteiger partial charge in [-0.25, -0.2) is 0 Å². The van der Waals surface area contributed by atoms with Crippen molar-refractivity contribution in [2.24, 2.45) is 11.8 Å². The average Bonchev–Trinajstić information content (AvgIpc) is 3.15. The van der Waals surface area contributed by atoms with Gasteiger partial charge < -0.3 is 24.4 Å². The molecule has 0 aromatic heterocycles. The van der Waals surface area contributed by atoms with Crippen LogP contribution in [-0.2, 0) is 30.4 Å². The number of esters is 1. The van der Waals surface area contributed by atoms with Gasteiger partial charge in [0.25, 0.3) is 0 Å². The molecule has 2 amide bonds. The predicted octanol–water partition coefficient (Wildman–Crippen LogP) is 1.83. The van der Waals surface area contributed by atoms with Gasteiger partial charge in [0.05, 0.1) is 18.6 Å². The first kappa shape index (κ1) is 23.8. The van der Waals surface area contributed by atoms with E-state index in [1.807, 2.05) is 62.4 Å². The standard InChI is InChI=1S/C27H32N2O6/c1-3-19(17-30)29-22-24(32)28(16-18-10-6-5-7-11-18)14-8-13-27(22)20(23(29)31)21-25(33)34-15-9-12-26(21,4-2)35-27/h5-13,19-22,30H,3-4,14-17H2,1-2H3/t19-,20-,21-,22?,26+,27-/m0/s1. The maximum Gasteiger partial charge on any atom is 0.313 e. The maximum atomic E-state index is 14.2. The van der Waals surface area contributed by atoms with Crippen molar-refractivity contribution in [3.8, 4) is 0 Å². The van der Waals surface area contributed by atoms with Gasteiger partial charge in [0.15, 0.2) is 0 Å². The number of hydrogen-bond donors (Lipinski definition) is 1. The molecule has 4 aliphatic heterocycles. The second-order valence-corrected chi connectivity index (χ2v) is 9.75. The smallest absolute Gasteiger partial charge is 0.313 e. The number of nitrogens with zero attached hydrogens (tertiary/aromatic N) is 2. The van der Waals surface area contributed by atoms with Crippen LogP contribution >= 0.6 is 0 Å². The Kier molecular flexibility index (Phi) is 6.05. The Bertz CT molecular complexity index is 1070. The lowest BCUT2D eigenvalue weighted by Crippen LogP contribution is -2.58. The molecule has 2 fully saturated rings. The first-order chi connectivity index (χ1) is 16.9. The molecule has 186 valence electrons. The van der Waals surface area contributed by atoms with Crippen LogP contribution in [-0.4, -0.2) is 75.7 Å². The highest BCUT2D eigenvalue weighted by Gasteiger charge is 2.75. The second kappa shape index (κ2) is 8.91. The number of likely N-dealkylation sites (tertiary alicyclic amines) is 1. The van der Waals surface area contributed by atoms with Crippen LogP contribution in [0.4, 0.5) is 0 Å². The third-order valence-corrected chi connectivity index (χ3v) is 8.01. The summed E-state index contributed by atoms with van der Waals surface area (Å²) in [6, 6.07) is 8.12. The fourth-order valence-electron chi connectivity index (χ4n) is 6.33. The van der Waals surface area contributed by atoms with Crippen molar-refractivity contribution in [3.63, 3.8) is 0 Å². The Morgan fingerprint density at radius 2 is 1.83 bits per heavy atom. The van der Waals surface area contributed by atoms with Crippen LogP contribution in [0.5, 0.6) is 0 Å². The number of rotatable bonds is 6. The van der Waals surface area contributed by atoms with Crippen molar-refractivity contribution in [1.82, 2.24) is 9.80 Å². The number of fused-ring (bicyclic) bond motifs is 2. The number of ether oxygens (including phenoxy) is 2. The molecule has 1 unspecified atom stereocenters. The molecule has 2 saturated heterocycles. The van der Waals surface area contributed by atoms with E-state index in [1.165, 1.54) is 4.90 Å². The van der Waals surface area contributed by atoms with E-state index in [4.69, 9.17) is 9.47 Å². The molecule has 8 nitrogen and oxygen atoms in total. The van der Waals surface area contributed by atoms with E-state index in [0.29, 0.717) is 25.9 Å². The molecule has 6 atom stereocenters. The molecular weight excluding hydrogens is 448 g/mol. The topological polar surface area (TPSA) is 96.4 Å². The summed E-state index contributed by atoms with van der Waals surface area (Å²) in [5.41, 5.74) is -1.40. The summed E-state index contributed by atoms with van der Waals surface area (Å²) in [6.45, 7) is 4.35. The zero-order valence-corrected chi connectivity index (χ0v) is 20.1. The highest BCUT2D eigenvalue weighted by molar-refractivity contribution is 5.99. The number of carbonyl (C=O) groups excluding carboxylic acids is 3. The molecule has 5 rings (SSSR count). The maximum absolute atomic E-state index is 14.2. The molecule has 0 radical (unpaired) electrons. The highest BCUT2D eigenvalue weighted by atomic mass is 16.6. The predicted molar refractivity (Wildman–Crippen MR) is 127 cm³/mol. The molecule has 1 aromatic rings. The summed E-state index contributed by atoms with van der Waals surface area (Å²) < 4.78 is 12.2. The fraction of sp³-hybridized carbons (Fsp3) is 0.519. The molecule has 35 heavy (non-hydrogen) atoms. The lowest BCUT2D eigenvalue weighted by Gasteiger charge is -2.40. The normalized spacial score (nSPS) is 34.7. The van der Waals surface area contributed by atoms with Crippen LogP contribution in [0.25, 0.3) is 0 Å². The van der Waals surface area contributed by atoms with Crippen molar-refractivity contribution in [3.05, 3.63) is 60.2 Å². The molecule has 1 spiro atoms. The van der Waals surface area contributed by atoms with Gasteiger partial charge in [-0.3, -0.25) is 14.4 Å². The lowest BCUT2D eigenvalue weighted by molar-refractivity contribution is -0.161. The van der Waals surface area contributed by atoms with Gasteiger partial charge in [-0.1, -0.05) is 62.4 Å². The first-order valence-electron chi connectivity index (χ1n) is 12.4. The molecule has 1 aromatic carbocycles. The van der Waals surface area contributed by atoms with E-state index in [9.17, 15) is 19.5 Å². The zero-order chi connectivity index (χ0) is 24.8. The summed E-state index contributed by atoms with van der Waals surface area (Å²) >= 11 is 0. The summed E-state index contributed by atoms with van der Waals surface area (Å²) in [5, 5.41) is 10.2. The monoisotopic (exact) mass is 480 g/mol. The zero-order valence-electron chi connectivity index (χ0n) is 20.1. The van der Waals surface area contributed by atoms with Crippen LogP contribution in [0.1, 0.15) is 32.3 Å². The minimum absolute atomic E-state index is 0.120. The van der Waals surface area contributed by atoms with Gasteiger partial charge >= 0.3 is 5.97 Å². The summed E-state index contributed by atoms with van der Waals surface area (Å²) in [5.74, 6) is -2.87. The van der Waals surface area contributed by atoms with Crippen molar-refractivity contribution in [1.29, 1.82) is 0 Å². The van der Waals surface area contributed by atoms with Crippen LogP contribution < -0.4 is 0 Å². The van der Waals surface area contributed by atoms with Crippen molar-refractivity contribution in [2.45, 2.75) is 56.5 Å². The van der Waals surface area contributed by atoms with Crippen LogP contribution in [0.3, 0.4) is 0 Å². The second-order valence-electron chi connectivity index (χ2n) is 9.75. The summed E-state index contributed by atoms with van der Waals surface area (Å²) in [4.78, 5) is 44.7. The Hall–Kier alpha value is -2.97. The third-order valence-electron chi connectivity index (χ3n) is 8.01. The van der Waals surface area contributed by atoms with Gasteiger partial charge in [0, 0.05) is 13.1 Å². The Morgan fingerprint density at radius 1 is 1.06 bits per heavy atom. The average molecular weight is 481 g/mol. The van der Waals surface area contributed by atoms with Crippen LogP contribution in [0.15, 0.2) is 54.6 Å². The van der Waals surface area contributed by atoms with E-state index in [0.717, 1.165) is 5.56 Å². The van der Waals surface area contributed by atoms with Gasteiger partial charge in [0.1, 0.15) is 29.8 Å². The number of benzene rings is 1. The number of hydrogen-bond acceptors (Lipinski definition) is 6. The van der Waals surface area contributed by atoms with Gasteiger partial charge in [-0.05, 0) is 24.5 Å². The van der Waals surface area contributed by atoms with E-state index in [1.54, 1.807) is 11.0 Å². The molecule has 4 heterocycles. The summed E-state index contributed by atoms with van der Waals surface area (Å²) in [6.07, 6.45) is 8.19. The van der Waals surface area contributed by atoms with E-state index in [-0.39, 0.29) is 25.0 Å².